The lowest BCUT2D eigenvalue weighted by molar-refractivity contribution is -0.138. The molecule has 0 bridgehead atoms. The lowest BCUT2D eigenvalue weighted by Crippen LogP contribution is -2.32. The molecular weight excluding hydrogens is 474 g/mol. The van der Waals surface area contributed by atoms with Gasteiger partial charge in [-0.15, -0.1) is 0 Å². The summed E-state index contributed by atoms with van der Waals surface area (Å²) in [7, 11) is 6.02. The molecule has 6 atom stereocenters. The number of nitrogens with zero attached hydrogens (tertiary/aromatic N) is 3. The minimum absolute atomic E-state index is 0.156. The predicted octanol–water partition coefficient (Wildman–Crippen LogP) is -0.145. The van der Waals surface area contributed by atoms with E-state index in [4.69, 9.17) is 30.6 Å². The van der Waals surface area contributed by atoms with Crippen LogP contribution in [-0.4, -0.2) is 142 Å². The molecule has 12 nitrogen and oxygen atoms in total. The van der Waals surface area contributed by atoms with Gasteiger partial charge in [-0.2, -0.15) is 0 Å². The van der Waals surface area contributed by atoms with Crippen molar-refractivity contribution in [1.82, 2.24) is 14.7 Å². The lowest BCUT2D eigenvalue weighted by Gasteiger charge is -2.24. The van der Waals surface area contributed by atoms with Gasteiger partial charge >= 0.3 is 17.9 Å². The van der Waals surface area contributed by atoms with Crippen molar-refractivity contribution in [2.24, 2.45) is 5.41 Å². The minimum Gasteiger partial charge on any atom is -0.481 e. The third kappa shape index (κ3) is 16.8. The normalized spacial score (nSPS) is 27.1. The first-order chi connectivity index (χ1) is 16.8. The summed E-state index contributed by atoms with van der Waals surface area (Å²) in [5.74, 6) is -2.05. The molecule has 3 aliphatic heterocycles. The zero-order chi connectivity index (χ0) is 27.9. The highest BCUT2D eigenvalue weighted by molar-refractivity contribution is 5.67. The van der Waals surface area contributed by atoms with Crippen molar-refractivity contribution in [3.8, 4) is 0 Å². The van der Waals surface area contributed by atoms with Gasteiger partial charge in [0.2, 0.25) is 0 Å². The molecule has 0 aromatic carbocycles. The van der Waals surface area contributed by atoms with Gasteiger partial charge in [-0.05, 0) is 46.8 Å². The molecule has 0 saturated carbocycles. The Morgan fingerprint density at radius 1 is 0.639 bits per heavy atom. The summed E-state index contributed by atoms with van der Waals surface area (Å²) in [4.78, 5) is 36.5. The summed E-state index contributed by atoms with van der Waals surface area (Å²) in [6.07, 6.45) is 3.97. The van der Waals surface area contributed by atoms with Crippen molar-refractivity contribution in [3.63, 3.8) is 0 Å². The van der Waals surface area contributed by atoms with Crippen LogP contribution in [0.1, 0.15) is 51.9 Å². The van der Waals surface area contributed by atoms with E-state index in [1.54, 1.807) is 0 Å². The van der Waals surface area contributed by atoms with E-state index in [2.05, 4.69) is 14.7 Å². The average molecular weight is 522 g/mol. The number of rotatable bonds is 13. The van der Waals surface area contributed by atoms with Crippen molar-refractivity contribution < 1.29 is 45.0 Å². The highest BCUT2D eigenvalue weighted by Crippen LogP contribution is 2.20. The number of carbonyl (C=O) groups is 3. The molecular formula is C24H47N3O9. The summed E-state index contributed by atoms with van der Waals surface area (Å²) in [5.41, 5.74) is -0.667. The monoisotopic (exact) mass is 521 g/mol. The molecule has 3 aliphatic rings. The third-order valence-electron chi connectivity index (χ3n) is 6.80. The van der Waals surface area contributed by atoms with Gasteiger partial charge in [0.05, 0.1) is 19.8 Å². The molecule has 3 rings (SSSR count). The molecule has 0 spiro atoms. The molecule has 3 fully saturated rings. The van der Waals surface area contributed by atoms with Gasteiger partial charge in [-0.25, -0.2) is 0 Å². The Morgan fingerprint density at radius 2 is 0.861 bits per heavy atom. The highest BCUT2D eigenvalue weighted by atomic mass is 16.4. The standard InChI is InChI=1S/3C6H11NO2.C6H14O3/c3*1-7-4-5(7)2-3-6(8)9;1-2-6(3-7,4-8)5-9/h3*5H,2-4H2,1H3,(H,8,9);7-9H,2-5H2,1H3. The van der Waals surface area contributed by atoms with Gasteiger partial charge in [0.15, 0.2) is 0 Å². The number of likely N-dealkylation sites (N-methyl/N-ethyl adjacent to an activating group) is 3. The van der Waals surface area contributed by atoms with Crippen LogP contribution in [-0.2, 0) is 14.4 Å². The number of aliphatic carboxylic acids is 3. The van der Waals surface area contributed by atoms with Crippen molar-refractivity contribution in [2.45, 2.75) is 70.0 Å². The number of hydrogen-bond acceptors (Lipinski definition) is 9. The SMILES string of the molecule is CCC(CO)(CO)CO.CN1CC1CCC(=O)O.CN1CC1CCC(=O)O.CN1CC1CCC(=O)O. The van der Waals surface area contributed by atoms with Crippen LogP contribution in [0.5, 0.6) is 0 Å². The van der Waals surface area contributed by atoms with Gasteiger partial charge < -0.3 is 45.3 Å². The Balaban J connectivity index is 0.000000454. The molecule has 6 N–H and O–H groups in total. The number of aliphatic hydroxyl groups excluding tert-OH is 3. The fourth-order valence-corrected chi connectivity index (χ4v) is 3.15. The van der Waals surface area contributed by atoms with Gasteiger partial charge in [0, 0.05) is 62.4 Å². The maximum Gasteiger partial charge on any atom is 0.303 e. The topological polar surface area (TPSA) is 182 Å². The van der Waals surface area contributed by atoms with Gasteiger partial charge in [0.1, 0.15) is 0 Å². The Bertz CT molecular complexity index is 572. The van der Waals surface area contributed by atoms with Crippen LogP contribution in [0, 0.1) is 5.41 Å². The molecule has 0 aliphatic carbocycles. The molecule has 6 unspecified atom stereocenters. The van der Waals surface area contributed by atoms with Crippen LogP contribution in [0.4, 0.5) is 0 Å². The smallest absolute Gasteiger partial charge is 0.303 e. The minimum atomic E-state index is -0.685. The maximum absolute atomic E-state index is 10.0. The number of aliphatic hydroxyl groups is 3. The highest BCUT2D eigenvalue weighted by Gasteiger charge is 2.30. The molecule has 3 heterocycles. The largest absolute Gasteiger partial charge is 0.481 e. The Labute approximate surface area is 214 Å². The number of carboxylic acids is 3. The van der Waals surface area contributed by atoms with E-state index in [1.807, 2.05) is 28.1 Å². The number of carboxylic acid groups (broad SMARTS) is 3. The van der Waals surface area contributed by atoms with Gasteiger partial charge in [0.25, 0.3) is 0 Å². The van der Waals surface area contributed by atoms with Crippen molar-refractivity contribution >= 4 is 17.9 Å². The first-order valence-corrected chi connectivity index (χ1v) is 12.4. The fourth-order valence-electron chi connectivity index (χ4n) is 3.15. The second-order valence-corrected chi connectivity index (χ2v) is 9.91. The summed E-state index contributed by atoms with van der Waals surface area (Å²) < 4.78 is 0. The van der Waals surface area contributed by atoms with Gasteiger partial charge in [-0.3, -0.25) is 14.4 Å². The average Bonchev–Trinajstić information content (AvgIpc) is 3.77. The van der Waals surface area contributed by atoms with E-state index in [0.29, 0.717) is 43.8 Å². The zero-order valence-electron chi connectivity index (χ0n) is 22.2. The summed E-state index contributed by atoms with van der Waals surface area (Å²) in [6, 6.07) is 1.67. The van der Waals surface area contributed by atoms with Crippen LogP contribution in [0.15, 0.2) is 0 Å². The van der Waals surface area contributed by atoms with Crippen molar-refractivity contribution in [1.29, 1.82) is 0 Å². The van der Waals surface area contributed by atoms with E-state index >= 15 is 0 Å². The van der Waals surface area contributed by atoms with Crippen LogP contribution >= 0.6 is 0 Å². The predicted molar refractivity (Wildman–Crippen MR) is 134 cm³/mol. The molecule has 36 heavy (non-hydrogen) atoms. The fraction of sp³-hybridized carbons (Fsp3) is 0.875. The summed E-state index contributed by atoms with van der Waals surface area (Å²) >= 11 is 0. The first-order valence-electron chi connectivity index (χ1n) is 12.4. The second-order valence-electron chi connectivity index (χ2n) is 9.91. The molecule has 0 amide bonds. The van der Waals surface area contributed by atoms with E-state index in [-0.39, 0.29) is 19.8 Å². The molecule has 0 aromatic heterocycles. The molecule has 0 aromatic rings. The Hall–Kier alpha value is -1.83. The quantitative estimate of drug-likeness (QED) is 0.177. The van der Waals surface area contributed by atoms with Crippen molar-refractivity contribution in [2.75, 3.05) is 60.6 Å². The van der Waals surface area contributed by atoms with Crippen LogP contribution in [0.3, 0.4) is 0 Å². The number of hydrogen-bond donors (Lipinski definition) is 6. The lowest BCUT2D eigenvalue weighted by atomic mass is 9.88. The van der Waals surface area contributed by atoms with Crippen LogP contribution < -0.4 is 0 Å². The Morgan fingerprint density at radius 3 is 0.944 bits per heavy atom. The van der Waals surface area contributed by atoms with E-state index in [1.165, 1.54) is 0 Å². The van der Waals surface area contributed by atoms with Crippen LogP contribution in [0.25, 0.3) is 0 Å². The summed E-state index contributed by atoms with van der Waals surface area (Å²) in [6.45, 7) is 4.58. The van der Waals surface area contributed by atoms with Crippen LogP contribution in [0.2, 0.25) is 0 Å². The molecule has 0 radical (unpaired) electrons. The van der Waals surface area contributed by atoms with E-state index in [0.717, 1.165) is 38.9 Å². The molecule has 3 saturated heterocycles. The van der Waals surface area contributed by atoms with E-state index < -0.39 is 23.3 Å². The van der Waals surface area contributed by atoms with E-state index in [9.17, 15) is 14.4 Å². The first kappa shape index (κ1) is 34.2. The third-order valence-corrected chi connectivity index (χ3v) is 6.80. The molecule has 212 valence electrons. The zero-order valence-corrected chi connectivity index (χ0v) is 22.2. The van der Waals surface area contributed by atoms with Gasteiger partial charge in [-0.1, -0.05) is 6.92 Å². The van der Waals surface area contributed by atoms with Crippen molar-refractivity contribution in [3.05, 3.63) is 0 Å². The summed E-state index contributed by atoms with van der Waals surface area (Å²) in [5, 5.41) is 50.7. The second kappa shape index (κ2) is 17.6. The maximum atomic E-state index is 10.0. The molecule has 12 heteroatoms. The Kier molecular flexibility index (Phi) is 16.7.